The number of hydrogen-bond donors (Lipinski definition) is 2. The van der Waals surface area contributed by atoms with Crippen LogP contribution in [0, 0.1) is 6.92 Å². The maximum atomic E-state index is 12.7. The second-order valence-electron chi connectivity index (χ2n) is 5.56. The number of halogens is 1. The van der Waals surface area contributed by atoms with E-state index < -0.39 is 6.10 Å². The van der Waals surface area contributed by atoms with Crippen molar-refractivity contribution in [3.8, 4) is 11.3 Å². The molecule has 1 fully saturated rings. The zero-order valence-electron chi connectivity index (χ0n) is 12.8. The van der Waals surface area contributed by atoms with E-state index in [4.69, 9.17) is 16.3 Å². The van der Waals surface area contributed by atoms with Gasteiger partial charge in [-0.25, -0.2) is 0 Å². The molecule has 1 atom stereocenters. The maximum Gasteiger partial charge on any atom is 0.272 e. The van der Waals surface area contributed by atoms with E-state index in [-0.39, 0.29) is 19.1 Å². The highest BCUT2D eigenvalue weighted by atomic mass is 35.5. The van der Waals surface area contributed by atoms with E-state index in [2.05, 4.69) is 10.2 Å². The molecule has 1 aromatic heterocycles. The molecule has 2 heterocycles. The van der Waals surface area contributed by atoms with Crippen molar-refractivity contribution in [2.75, 3.05) is 26.3 Å². The fourth-order valence-electron chi connectivity index (χ4n) is 2.63. The first-order chi connectivity index (χ1) is 11.1. The lowest BCUT2D eigenvalue weighted by Gasteiger charge is -2.20. The molecular weight excluding hydrogens is 318 g/mol. The lowest BCUT2D eigenvalue weighted by molar-refractivity contribution is 0.0532. The van der Waals surface area contributed by atoms with E-state index in [9.17, 15) is 9.90 Å². The molecule has 1 aromatic carbocycles. The number of aromatic amines is 1. The number of β-amino-alcohol motifs (C(OH)–C–C–N with tert-alkyl or cyclic N) is 1. The van der Waals surface area contributed by atoms with Gasteiger partial charge in [0.05, 0.1) is 25.0 Å². The van der Waals surface area contributed by atoms with Crippen molar-refractivity contribution >= 4 is 17.5 Å². The number of carbonyl (C=O) groups excluding carboxylic acids is 1. The number of ether oxygens (including phenoxy) is 1. The van der Waals surface area contributed by atoms with Crippen molar-refractivity contribution < 1.29 is 14.6 Å². The summed E-state index contributed by atoms with van der Waals surface area (Å²) in [4.78, 5) is 14.3. The van der Waals surface area contributed by atoms with Gasteiger partial charge in [-0.15, -0.1) is 0 Å². The summed E-state index contributed by atoms with van der Waals surface area (Å²) in [6, 6.07) is 7.30. The van der Waals surface area contributed by atoms with Crippen LogP contribution in [0.1, 0.15) is 16.1 Å². The highest BCUT2D eigenvalue weighted by Gasteiger charge is 2.25. The Kier molecular flexibility index (Phi) is 4.66. The molecule has 0 spiro atoms. The van der Waals surface area contributed by atoms with E-state index in [1.54, 1.807) is 17.0 Å². The summed E-state index contributed by atoms with van der Waals surface area (Å²) in [5, 5.41) is 17.5. The smallest absolute Gasteiger partial charge is 0.272 e. The van der Waals surface area contributed by atoms with Crippen LogP contribution < -0.4 is 0 Å². The average Bonchev–Trinajstić information content (AvgIpc) is 2.77. The predicted octanol–water partition coefficient (Wildman–Crippen LogP) is 1.87. The normalized spacial score (nSPS) is 18.7. The minimum Gasteiger partial charge on any atom is -0.389 e. The molecule has 1 saturated heterocycles. The quantitative estimate of drug-likeness (QED) is 0.878. The Morgan fingerprint density at radius 1 is 1.43 bits per heavy atom. The van der Waals surface area contributed by atoms with Gasteiger partial charge in [0.1, 0.15) is 5.69 Å². The third-order valence-electron chi connectivity index (χ3n) is 3.88. The number of hydrogen-bond acceptors (Lipinski definition) is 4. The van der Waals surface area contributed by atoms with Gasteiger partial charge in [-0.2, -0.15) is 5.10 Å². The largest absolute Gasteiger partial charge is 0.389 e. The molecule has 6 nitrogen and oxygen atoms in total. The van der Waals surface area contributed by atoms with Crippen LogP contribution >= 0.6 is 11.6 Å². The van der Waals surface area contributed by atoms with Crippen LogP contribution in [0.25, 0.3) is 11.3 Å². The Balaban J connectivity index is 1.86. The highest BCUT2D eigenvalue weighted by Crippen LogP contribution is 2.25. The zero-order valence-corrected chi connectivity index (χ0v) is 13.5. The molecule has 2 N–H and O–H groups in total. The molecule has 1 aliphatic heterocycles. The number of aliphatic hydroxyl groups excluding tert-OH is 1. The first-order valence-electron chi connectivity index (χ1n) is 7.42. The molecule has 1 amide bonds. The number of aliphatic hydroxyl groups is 1. The summed E-state index contributed by atoms with van der Waals surface area (Å²) in [7, 11) is 0. The van der Waals surface area contributed by atoms with Crippen LogP contribution in [0.2, 0.25) is 5.02 Å². The SMILES string of the molecule is Cc1c(-c2ccc(Cl)cc2)n[nH]c1C(=O)N1CCOC[C@H](O)C1. The van der Waals surface area contributed by atoms with E-state index in [1.165, 1.54) is 0 Å². The van der Waals surface area contributed by atoms with Crippen LogP contribution in [0.5, 0.6) is 0 Å². The number of nitrogens with zero attached hydrogens (tertiary/aromatic N) is 2. The molecular formula is C16H18ClN3O3. The molecule has 1 aliphatic rings. The number of H-pyrrole nitrogens is 1. The molecule has 0 bridgehead atoms. The van der Waals surface area contributed by atoms with Crippen LogP contribution in [0.3, 0.4) is 0 Å². The van der Waals surface area contributed by atoms with Crippen molar-refractivity contribution in [2.24, 2.45) is 0 Å². The molecule has 0 aliphatic carbocycles. The summed E-state index contributed by atoms with van der Waals surface area (Å²) in [5.74, 6) is -0.181. The number of amides is 1. The molecule has 7 heteroatoms. The van der Waals surface area contributed by atoms with Crippen molar-refractivity contribution in [1.29, 1.82) is 0 Å². The standard InChI is InChI=1S/C16H18ClN3O3/c1-10-14(11-2-4-12(17)5-3-11)18-19-15(10)16(22)20-6-7-23-9-13(21)8-20/h2-5,13,21H,6-9H2,1H3,(H,18,19)/t13-/m1/s1. The molecule has 122 valence electrons. The summed E-state index contributed by atoms with van der Waals surface area (Å²) in [6.07, 6.45) is -0.666. The molecule has 0 radical (unpaired) electrons. The second-order valence-corrected chi connectivity index (χ2v) is 6.00. The van der Waals surface area contributed by atoms with E-state index in [1.807, 2.05) is 19.1 Å². The predicted molar refractivity (Wildman–Crippen MR) is 86.5 cm³/mol. The zero-order chi connectivity index (χ0) is 16.4. The van der Waals surface area contributed by atoms with Crippen LogP contribution in [0.15, 0.2) is 24.3 Å². The summed E-state index contributed by atoms with van der Waals surface area (Å²) in [5.41, 5.74) is 2.82. The van der Waals surface area contributed by atoms with Crippen LogP contribution in [0.4, 0.5) is 0 Å². The summed E-state index contributed by atoms with van der Waals surface area (Å²) >= 11 is 5.90. The van der Waals surface area contributed by atoms with Crippen LogP contribution in [-0.4, -0.2) is 58.5 Å². The van der Waals surface area contributed by atoms with Gasteiger partial charge in [-0.05, 0) is 19.1 Å². The Labute approximate surface area is 139 Å². The molecule has 0 unspecified atom stereocenters. The van der Waals surface area contributed by atoms with Gasteiger partial charge in [0, 0.05) is 29.2 Å². The minimum atomic E-state index is -0.666. The van der Waals surface area contributed by atoms with E-state index in [0.29, 0.717) is 23.9 Å². The summed E-state index contributed by atoms with van der Waals surface area (Å²) in [6.45, 7) is 3.23. The maximum absolute atomic E-state index is 12.7. The van der Waals surface area contributed by atoms with Crippen molar-refractivity contribution in [3.63, 3.8) is 0 Å². The van der Waals surface area contributed by atoms with Gasteiger partial charge >= 0.3 is 0 Å². The van der Waals surface area contributed by atoms with Gasteiger partial charge in [0.2, 0.25) is 0 Å². The first-order valence-corrected chi connectivity index (χ1v) is 7.80. The molecule has 3 rings (SSSR count). The van der Waals surface area contributed by atoms with Gasteiger partial charge in [0.15, 0.2) is 0 Å². The van der Waals surface area contributed by atoms with Gasteiger partial charge in [-0.3, -0.25) is 9.89 Å². The van der Waals surface area contributed by atoms with Gasteiger partial charge in [0.25, 0.3) is 5.91 Å². The van der Waals surface area contributed by atoms with Crippen molar-refractivity contribution in [1.82, 2.24) is 15.1 Å². The number of nitrogens with one attached hydrogen (secondary N) is 1. The Hall–Kier alpha value is -1.89. The van der Waals surface area contributed by atoms with E-state index in [0.717, 1.165) is 16.8 Å². The molecule has 2 aromatic rings. The Morgan fingerprint density at radius 3 is 2.91 bits per heavy atom. The minimum absolute atomic E-state index is 0.181. The number of rotatable bonds is 2. The Morgan fingerprint density at radius 2 is 2.17 bits per heavy atom. The number of carbonyl (C=O) groups is 1. The molecule has 0 saturated carbocycles. The Bertz CT molecular complexity index is 699. The number of aromatic nitrogens is 2. The van der Waals surface area contributed by atoms with Gasteiger partial charge < -0.3 is 14.7 Å². The van der Waals surface area contributed by atoms with Crippen LogP contribution in [-0.2, 0) is 4.74 Å². The topological polar surface area (TPSA) is 78.5 Å². The third kappa shape index (κ3) is 3.39. The molecule has 23 heavy (non-hydrogen) atoms. The van der Waals surface area contributed by atoms with Gasteiger partial charge in [-0.1, -0.05) is 23.7 Å². The highest BCUT2D eigenvalue weighted by molar-refractivity contribution is 6.30. The first kappa shape index (κ1) is 16.0. The second kappa shape index (κ2) is 6.70. The fraction of sp³-hybridized carbons (Fsp3) is 0.375. The average molecular weight is 336 g/mol. The monoisotopic (exact) mass is 335 g/mol. The number of benzene rings is 1. The third-order valence-corrected chi connectivity index (χ3v) is 4.13. The lowest BCUT2D eigenvalue weighted by atomic mass is 10.1. The summed E-state index contributed by atoms with van der Waals surface area (Å²) < 4.78 is 5.26. The van der Waals surface area contributed by atoms with Crippen molar-refractivity contribution in [2.45, 2.75) is 13.0 Å². The van der Waals surface area contributed by atoms with E-state index >= 15 is 0 Å². The fourth-order valence-corrected chi connectivity index (χ4v) is 2.76. The van der Waals surface area contributed by atoms with Crippen molar-refractivity contribution in [3.05, 3.63) is 40.5 Å². The lowest BCUT2D eigenvalue weighted by Crippen LogP contribution is -2.38.